The molecule has 2 nitrogen and oxygen atoms in total. The lowest BCUT2D eigenvalue weighted by atomic mass is 10.0. The molecular formula is C16H15Cl2NOS. The summed E-state index contributed by atoms with van der Waals surface area (Å²) in [5, 5.41) is 1.37. The Bertz CT molecular complexity index is 650. The average Bonchev–Trinajstić information content (AvgIpc) is 2.50. The highest BCUT2D eigenvalue weighted by molar-refractivity contribution is 7.99. The predicted molar refractivity (Wildman–Crippen MR) is 89.7 cm³/mol. The van der Waals surface area contributed by atoms with Crippen LogP contribution in [-0.4, -0.2) is 17.9 Å². The molecule has 0 radical (unpaired) electrons. The lowest BCUT2D eigenvalue weighted by Gasteiger charge is -2.30. The van der Waals surface area contributed by atoms with Crippen LogP contribution in [0.1, 0.15) is 5.56 Å². The van der Waals surface area contributed by atoms with Crippen molar-refractivity contribution in [1.29, 1.82) is 0 Å². The number of para-hydroxylation sites is 1. The first-order chi connectivity index (χ1) is 10.1. The molecule has 0 fully saturated rings. The Labute approximate surface area is 138 Å². The van der Waals surface area contributed by atoms with Gasteiger partial charge in [-0.3, -0.25) is 0 Å². The number of hydrogen-bond acceptors (Lipinski definition) is 3. The van der Waals surface area contributed by atoms with Gasteiger partial charge in [0.2, 0.25) is 0 Å². The standard InChI is InChI=1S/C16H15Cl2NOS/c17-11-5-6-12(18)10(7-11)8-13(19)15-9-21-16-4-2-1-3-14(16)20-15/h1-7,13,15H,8-9,19H2. The number of hydrogen-bond donors (Lipinski definition) is 1. The van der Waals surface area contributed by atoms with Crippen molar-refractivity contribution in [2.75, 3.05) is 5.75 Å². The topological polar surface area (TPSA) is 35.2 Å². The summed E-state index contributed by atoms with van der Waals surface area (Å²) >= 11 is 14.0. The van der Waals surface area contributed by atoms with Crippen molar-refractivity contribution >= 4 is 35.0 Å². The van der Waals surface area contributed by atoms with Crippen molar-refractivity contribution in [3.63, 3.8) is 0 Å². The minimum absolute atomic E-state index is 0.0278. The molecule has 0 amide bonds. The maximum Gasteiger partial charge on any atom is 0.133 e. The summed E-state index contributed by atoms with van der Waals surface area (Å²) in [5.74, 6) is 1.75. The summed E-state index contributed by atoms with van der Waals surface area (Å²) in [5.41, 5.74) is 7.28. The third-order valence-electron chi connectivity index (χ3n) is 3.47. The van der Waals surface area contributed by atoms with E-state index in [0.717, 1.165) is 17.1 Å². The van der Waals surface area contributed by atoms with Gasteiger partial charge in [0.25, 0.3) is 0 Å². The highest BCUT2D eigenvalue weighted by Crippen LogP contribution is 2.36. The van der Waals surface area contributed by atoms with E-state index in [4.69, 9.17) is 33.7 Å². The van der Waals surface area contributed by atoms with Gasteiger partial charge in [0.05, 0.1) is 0 Å². The summed E-state index contributed by atoms with van der Waals surface area (Å²) in [7, 11) is 0. The molecule has 110 valence electrons. The molecule has 5 heteroatoms. The van der Waals surface area contributed by atoms with Crippen LogP contribution in [0.3, 0.4) is 0 Å². The smallest absolute Gasteiger partial charge is 0.133 e. The van der Waals surface area contributed by atoms with E-state index in [1.165, 1.54) is 4.90 Å². The monoisotopic (exact) mass is 339 g/mol. The summed E-state index contributed by atoms with van der Waals surface area (Å²) in [6.07, 6.45) is 0.618. The van der Waals surface area contributed by atoms with Crippen LogP contribution in [-0.2, 0) is 6.42 Å². The van der Waals surface area contributed by atoms with Gasteiger partial charge in [-0.05, 0) is 42.3 Å². The van der Waals surface area contributed by atoms with Crippen molar-refractivity contribution in [3.05, 3.63) is 58.1 Å². The van der Waals surface area contributed by atoms with Gasteiger partial charge < -0.3 is 10.5 Å². The van der Waals surface area contributed by atoms with Gasteiger partial charge >= 0.3 is 0 Å². The molecule has 1 aliphatic heterocycles. The van der Waals surface area contributed by atoms with E-state index >= 15 is 0 Å². The number of nitrogens with two attached hydrogens (primary N) is 1. The van der Waals surface area contributed by atoms with E-state index in [1.807, 2.05) is 24.3 Å². The average molecular weight is 340 g/mol. The van der Waals surface area contributed by atoms with E-state index in [9.17, 15) is 0 Å². The van der Waals surface area contributed by atoms with E-state index in [-0.39, 0.29) is 12.1 Å². The molecule has 21 heavy (non-hydrogen) atoms. The highest BCUT2D eigenvalue weighted by Gasteiger charge is 2.26. The molecule has 0 saturated carbocycles. The number of rotatable bonds is 3. The van der Waals surface area contributed by atoms with Crippen LogP contribution in [0, 0.1) is 0 Å². The molecule has 2 aromatic rings. The fraction of sp³-hybridized carbons (Fsp3) is 0.250. The first-order valence-corrected chi connectivity index (χ1v) is 8.45. The third-order valence-corrected chi connectivity index (χ3v) is 5.22. The maximum atomic E-state index is 6.32. The van der Waals surface area contributed by atoms with Gasteiger partial charge in [-0.25, -0.2) is 0 Å². The summed E-state index contributed by atoms with van der Waals surface area (Å²) in [4.78, 5) is 1.17. The zero-order chi connectivity index (χ0) is 14.8. The van der Waals surface area contributed by atoms with E-state index in [2.05, 4.69) is 6.07 Å². The van der Waals surface area contributed by atoms with Crippen molar-refractivity contribution in [2.45, 2.75) is 23.5 Å². The molecule has 0 saturated heterocycles. The van der Waals surface area contributed by atoms with Gasteiger partial charge in [-0.15, -0.1) is 11.8 Å². The molecule has 0 aromatic heterocycles. The molecule has 1 aliphatic rings. The van der Waals surface area contributed by atoms with Crippen LogP contribution in [0.25, 0.3) is 0 Å². The minimum atomic E-state index is -0.123. The second-order valence-corrected chi connectivity index (χ2v) is 6.92. The van der Waals surface area contributed by atoms with Crippen molar-refractivity contribution in [2.24, 2.45) is 5.73 Å². The highest BCUT2D eigenvalue weighted by atomic mass is 35.5. The largest absolute Gasteiger partial charge is 0.487 e. The van der Waals surface area contributed by atoms with Crippen LogP contribution < -0.4 is 10.5 Å². The van der Waals surface area contributed by atoms with Gasteiger partial charge in [-0.1, -0.05) is 35.3 Å². The second-order valence-electron chi connectivity index (χ2n) is 5.02. The number of ether oxygens (including phenoxy) is 1. The van der Waals surface area contributed by atoms with E-state index in [1.54, 1.807) is 23.9 Å². The zero-order valence-corrected chi connectivity index (χ0v) is 13.6. The molecule has 2 N–H and O–H groups in total. The van der Waals surface area contributed by atoms with Crippen LogP contribution >= 0.6 is 35.0 Å². The summed E-state index contributed by atoms with van der Waals surface area (Å²) in [6.45, 7) is 0. The molecule has 2 unspecified atom stereocenters. The summed E-state index contributed by atoms with van der Waals surface area (Å²) in [6, 6.07) is 13.4. The molecule has 3 rings (SSSR count). The quantitative estimate of drug-likeness (QED) is 0.899. The predicted octanol–water partition coefficient (Wildman–Crippen LogP) is 4.42. The normalized spacial score (nSPS) is 18.7. The number of fused-ring (bicyclic) bond motifs is 1. The van der Waals surface area contributed by atoms with Gasteiger partial charge in [0.15, 0.2) is 0 Å². The van der Waals surface area contributed by atoms with Crippen LogP contribution in [0.2, 0.25) is 10.0 Å². The Morgan fingerprint density at radius 3 is 2.90 bits per heavy atom. The first kappa shape index (κ1) is 15.0. The van der Waals surface area contributed by atoms with Crippen LogP contribution in [0.5, 0.6) is 5.75 Å². The molecule has 2 aromatic carbocycles. The van der Waals surface area contributed by atoms with Gasteiger partial charge in [0.1, 0.15) is 11.9 Å². The summed E-state index contributed by atoms with van der Waals surface area (Å²) < 4.78 is 6.01. The molecule has 0 aliphatic carbocycles. The van der Waals surface area contributed by atoms with Gasteiger partial charge in [0, 0.05) is 26.7 Å². The minimum Gasteiger partial charge on any atom is -0.487 e. The maximum absolute atomic E-state index is 6.32. The molecule has 2 atom stereocenters. The van der Waals surface area contributed by atoms with Crippen LogP contribution in [0.15, 0.2) is 47.4 Å². The Morgan fingerprint density at radius 1 is 1.24 bits per heavy atom. The number of benzene rings is 2. The third kappa shape index (κ3) is 3.49. The van der Waals surface area contributed by atoms with E-state index in [0.29, 0.717) is 16.5 Å². The van der Waals surface area contributed by atoms with Crippen molar-refractivity contribution in [3.8, 4) is 5.75 Å². The van der Waals surface area contributed by atoms with Crippen LogP contribution in [0.4, 0.5) is 0 Å². The fourth-order valence-corrected chi connectivity index (χ4v) is 3.81. The lowest BCUT2D eigenvalue weighted by Crippen LogP contribution is -2.43. The lowest BCUT2D eigenvalue weighted by molar-refractivity contribution is 0.184. The Hall–Kier alpha value is -0.870. The Balaban J connectivity index is 1.72. The Kier molecular flexibility index (Phi) is 4.65. The van der Waals surface area contributed by atoms with Crippen molar-refractivity contribution in [1.82, 2.24) is 0 Å². The Morgan fingerprint density at radius 2 is 2.05 bits per heavy atom. The van der Waals surface area contributed by atoms with Crippen molar-refractivity contribution < 1.29 is 4.74 Å². The van der Waals surface area contributed by atoms with Gasteiger partial charge in [-0.2, -0.15) is 0 Å². The molecule has 1 heterocycles. The SMILES string of the molecule is NC(Cc1cc(Cl)ccc1Cl)C1CSc2ccccc2O1. The molecule has 0 spiro atoms. The molecular weight excluding hydrogens is 325 g/mol. The first-order valence-electron chi connectivity index (χ1n) is 6.71. The zero-order valence-electron chi connectivity index (χ0n) is 11.3. The molecule has 0 bridgehead atoms. The number of thioether (sulfide) groups is 1. The second kappa shape index (κ2) is 6.49. The fourth-order valence-electron chi connectivity index (χ4n) is 2.33. The number of halogens is 2. The van der Waals surface area contributed by atoms with E-state index < -0.39 is 0 Å².